The molecule has 0 aromatic carbocycles. The minimum Gasteiger partial charge on any atom is -0.375 e. The maximum absolute atomic E-state index is 6.10. The smallest absolute Gasteiger partial charge is 0.0685 e. The van der Waals surface area contributed by atoms with Crippen molar-refractivity contribution < 1.29 is 4.74 Å². The van der Waals surface area contributed by atoms with E-state index in [9.17, 15) is 0 Å². The summed E-state index contributed by atoms with van der Waals surface area (Å²) in [5.74, 6) is 1.86. The van der Waals surface area contributed by atoms with Crippen LogP contribution >= 0.6 is 0 Å². The van der Waals surface area contributed by atoms with E-state index >= 15 is 0 Å². The third-order valence-corrected chi connectivity index (χ3v) is 5.69. The molecule has 3 unspecified atom stereocenters. The van der Waals surface area contributed by atoms with Crippen molar-refractivity contribution in [2.24, 2.45) is 11.8 Å². The molecule has 2 aliphatic carbocycles. The van der Waals surface area contributed by atoms with Gasteiger partial charge in [0.25, 0.3) is 0 Å². The van der Waals surface area contributed by atoms with Gasteiger partial charge in [-0.15, -0.1) is 0 Å². The maximum atomic E-state index is 6.10. The molecule has 0 amide bonds. The molecule has 1 saturated heterocycles. The zero-order valence-electron chi connectivity index (χ0n) is 11.9. The quantitative estimate of drug-likeness (QED) is 0.829. The highest BCUT2D eigenvalue weighted by Gasteiger charge is 2.45. The van der Waals surface area contributed by atoms with Gasteiger partial charge in [-0.2, -0.15) is 0 Å². The van der Waals surface area contributed by atoms with E-state index in [2.05, 4.69) is 12.2 Å². The topological polar surface area (TPSA) is 21.3 Å². The molecule has 1 spiro atoms. The Morgan fingerprint density at radius 1 is 1.11 bits per heavy atom. The van der Waals surface area contributed by atoms with Gasteiger partial charge in [0.05, 0.1) is 5.60 Å². The van der Waals surface area contributed by atoms with Crippen molar-refractivity contribution >= 4 is 0 Å². The summed E-state index contributed by atoms with van der Waals surface area (Å²) in [6.45, 7) is 4.42. The van der Waals surface area contributed by atoms with E-state index in [1.54, 1.807) is 0 Å². The molecule has 1 heterocycles. The van der Waals surface area contributed by atoms with Gasteiger partial charge in [0.1, 0.15) is 0 Å². The molecule has 0 radical (unpaired) electrons. The Morgan fingerprint density at radius 3 is 2.67 bits per heavy atom. The summed E-state index contributed by atoms with van der Waals surface area (Å²) in [6, 6.07) is 0.795. The van der Waals surface area contributed by atoms with Crippen LogP contribution in [0.2, 0.25) is 0 Å². The number of hydrogen-bond donors (Lipinski definition) is 1. The first-order valence-electron chi connectivity index (χ1n) is 8.20. The number of ether oxygens (including phenoxy) is 1. The average Bonchev–Trinajstić information content (AvgIpc) is 2.38. The minimum absolute atomic E-state index is 0.330. The van der Waals surface area contributed by atoms with Crippen LogP contribution in [-0.4, -0.2) is 24.8 Å². The minimum atomic E-state index is 0.330. The van der Waals surface area contributed by atoms with Crippen molar-refractivity contribution in [1.29, 1.82) is 0 Å². The van der Waals surface area contributed by atoms with E-state index in [1.165, 1.54) is 57.8 Å². The highest BCUT2D eigenvalue weighted by Crippen LogP contribution is 2.48. The van der Waals surface area contributed by atoms with Gasteiger partial charge in [-0.3, -0.25) is 0 Å². The molecule has 0 bridgehead atoms. The average molecular weight is 251 g/mol. The van der Waals surface area contributed by atoms with Crippen molar-refractivity contribution in [2.45, 2.75) is 76.4 Å². The Morgan fingerprint density at radius 2 is 1.94 bits per heavy atom. The van der Waals surface area contributed by atoms with Gasteiger partial charge in [-0.25, -0.2) is 0 Å². The molecule has 3 atom stereocenters. The summed E-state index contributed by atoms with van der Waals surface area (Å²) in [6.07, 6.45) is 12.5. The SMILES string of the molecule is CCNC1CCCCC1C1CCOC2(CCC2)C1. The Kier molecular flexibility index (Phi) is 3.95. The van der Waals surface area contributed by atoms with Gasteiger partial charge in [0.2, 0.25) is 0 Å². The summed E-state index contributed by atoms with van der Waals surface area (Å²) in [4.78, 5) is 0. The van der Waals surface area contributed by atoms with Crippen molar-refractivity contribution in [2.75, 3.05) is 13.2 Å². The summed E-state index contributed by atoms with van der Waals surface area (Å²) >= 11 is 0. The molecule has 104 valence electrons. The fraction of sp³-hybridized carbons (Fsp3) is 1.00. The van der Waals surface area contributed by atoms with Crippen LogP contribution in [0.25, 0.3) is 0 Å². The van der Waals surface area contributed by atoms with Crippen LogP contribution in [0.15, 0.2) is 0 Å². The largest absolute Gasteiger partial charge is 0.375 e. The summed E-state index contributed by atoms with van der Waals surface area (Å²) < 4.78 is 6.10. The standard InChI is InChI=1S/C16H29NO/c1-2-17-15-7-4-3-6-14(15)13-8-11-18-16(12-13)9-5-10-16/h13-15,17H,2-12H2,1H3. The van der Waals surface area contributed by atoms with Crippen molar-refractivity contribution in [3.63, 3.8) is 0 Å². The zero-order valence-corrected chi connectivity index (χ0v) is 11.9. The molecule has 2 saturated carbocycles. The Balaban J connectivity index is 1.64. The first-order valence-corrected chi connectivity index (χ1v) is 8.20. The summed E-state index contributed by atoms with van der Waals surface area (Å²) in [5, 5.41) is 3.75. The van der Waals surface area contributed by atoms with Crippen LogP contribution < -0.4 is 5.32 Å². The molecule has 1 aliphatic heterocycles. The molecule has 2 heteroatoms. The second-order valence-electron chi connectivity index (χ2n) is 6.75. The van der Waals surface area contributed by atoms with E-state index in [4.69, 9.17) is 4.74 Å². The van der Waals surface area contributed by atoms with E-state index in [1.807, 2.05) is 0 Å². The van der Waals surface area contributed by atoms with Crippen LogP contribution in [0, 0.1) is 11.8 Å². The molecule has 3 fully saturated rings. The number of rotatable bonds is 3. The van der Waals surface area contributed by atoms with E-state index in [-0.39, 0.29) is 0 Å². The fourth-order valence-electron chi connectivity index (χ4n) is 4.59. The number of nitrogens with one attached hydrogen (secondary N) is 1. The van der Waals surface area contributed by atoms with Crippen molar-refractivity contribution in [1.82, 2.24) is 5.32 Å². The molecule has 18 heavy (non-hydrogen) atoms. The van der Waals surface area contributed by atoms with E-state index in [0.29, 0.717) is 5.60 Å². The molecule has 0 aromatic rings. The lowest BCUT2D eigenvalue weighted by molar-refractivity contribution is -0.153. The predicted octanol–water partition coefficient (Wildman–Crippen LogP) is 3.50. The monoisotopic (exact) mass is 251 g/mol. The van der Waals surface area contributed by atoms with Crippen LogP contribution in [0.3, 0.4) is 0 Å². The first-order chi connectivity index (χ1) is 8.83. The van der Waals surface area contributed by atoms with E-state index < -0.39 is 0 Å². The summed E-state index contributed by atoms with van der Waals surface area (Å²) in [5.41, 5.74) is 0.330. The molecule has 1 N–H and O–H groups in total. The zero-order chi connectivity index (χ0) is 12.4. The molecule has 2 nitrogen and oxygen atoms in total. The fourth-order valence-corrected chi connectivity index (χ4v) is 4.59. The summed E-state index contributed by atoms with van der Waals surface area (Å²) in [7, 11) is 0. The van der Waals surface area contributed by atoms with Gasteiger partial charge >= 0.3 is 0 Å². The highest BCUT2D eigenvalue weighted by molar-refractivity contribution is 4.97. The van der Waals surface area contributed by atoms with Crippen molar-refractivity contribution in [3.05, 3.63) is 0 Å². The number of hydrogen-bond acceptors (Lipinski definition) is 2. The van der Waals surface area contributed by atoms with Gasteiger partial charge < -0.3 is 10.1 Å². The molecular weight excluding hydrogens is 222 g/mol. The normalized spacial score (nSPS) is 39.5. The van der Waals surface area contributed by atoms with Gasteiger partial charge in [-0.05, 0) is 63.3 Å². The highest BCUT2D eigenvalue weighted by atomic mass is 16.5. The van der Waals surface area contributed by atoms with Crippen molar-refractivity contribution in [3.8, 4) is 0 Å². The lowest BCUT2D eigenvalue weighted by Gasteiger charge is -2.50. The lowest BCUT2D eigenvalue weighted by atomic mass is 9.65. The second-order valence-corrected chi connectivity index (χ2v) is 6.75. The Bertz CT molecular complexity index is 272. The van der Waals surface area contributed by atoms with Crippen LogP contribution in [-0.2, 0) is 4.74 Å². The van der Waals surface area contributed by atoms with E-state index in [0.717, 1.165) is 31.0 Å². The van der Waals surface area contributed by atoms with Crippen LogP contribution in [0.1, 0.15) is 64.7 Å². The predicted molar refractivity (Wildman–Crippen MR) is 74.7 cm³/mol. The first kappa shape index (κ1) is 12.9. The van der Waals surface area contributed by atoms with Gasteiger partial charge in [-0.1, -0.05) is 19.8 Å². The molecule has 0 aromatic heterocycles. The molecule has 3 rings (SSSR count). The van der Waals surface area contributed by atoms with Gasteiger partial charge in [0, 0.05) is 12.6 Å². The lowest BCUT2D eigenvalue weighted by Crippen LogP contribution is -2.50. The second kappa shape index (κ2) is 5.50. The van der Waals surface area contributed by atoms with Gasteiger partial charge in [0.15, 0.2) is 0 Å². The third kappa shape index (κ3) is 2.46. The Hall–Kier alpha value is -0.0800. The maximum Gasteiger partial charge on any atom is 0.0685 e. The Labute approximate surface area is 112 Å². The van der Waals surface area contributed by atoms with Crippen LogP contribution in [0.5, 0.6) is 0 Å². The molecular formula is C16H29NO. The third-order valence-electron chi connectivity index (χ3n) is 5.69. The molecule has 3 aliphatic rings. The van der Waals surface area contributed by atoms with Crippen LogP contribution in [0.4, 0.5) is 0 Å².